The highest BCUT2D eigenvalue weighted by Gasteiger charge is 2.11. The molecule has 2 atom stereocenters. The predicted octanol–water partition coefficient (Wildman–Crippen LogP) is 3.80. The van der Waals surface area contributed by atoms with Crippen LogP contribution in [-0.2, 0) is 0 Å². The van der Waals surface area contributed by atoms with Crippen LogP contribution in [0.25, 0.3) is 0 Å². The third-order valence-corrected chi connectivity index (χ3v) is 3.46. The van der Waals surface area contributed by atoms with Crippen LogP contribution in [0.2, 0.25) is 0 Å². The van der Waals surface area contributed by atoms with Gasteiger partial charge in [-0.3, -0.25) is 0 Å². The third kappa shape index (κ3) is 3.45. The highest BCUT2D eigenvalue weighted by atomic mass is 16.4. The van der Waals surface area contributed by atoms with E-state index in [2.05, 4.69) is 31.3 Å². The number of aromatic carboxylic acids is 1. The van der Waals surface area contributed by atoms with Crippen LogP contribution in [0.5, 0.6) is 0 Å². The Kier molecular flexibility index (Phi) is 4.53. The van der Waals surface area contributed by atoms with Gasteiger partial charge in [0.05, 0.1) is 5.56 Å². The van der Waals surface area contributed by atoms with Crippen molar-refractivity contribution in [3.05, 3.63) is 71.3 Å². The molecule has 0 saturated carbocycles. The summed E-state index contributed by atoms with van der Waals surface area (Å²) in [6.45, 7) is 4.20. The lowest BCUT2D eigenvalue weighted by molar-refractivity contribution is 0.0697. The first-order valence-corrected chi connectivity index (χ1v) is 6.72. The van der Waals surface area contributed by atoms with Crippen LogP contribution in [0.1, 0.15) is 47.4 Å². The topological polar surface area (TPSA) is 49.3 Å². The predicted molar refractivity (Wildman–Crippen MR) is 79.8 cm³/mol. The minimum Gasteiger partial charge on any atom is -0.478 e. The van der Waals surface area contributed by atoms with Gasteiger partial charge in [0.15, 0.2) is 0 Å². The molecule has 3 heteroatoms. The number of benzene rings is 2. The Morgan fingerprint density at radius 1 is 0.900 bits per heavy atom. The van der Waals surface area contributed by atoms with E-state index in [1.54, 1.807) is 12.1 Å². The van der Waals surface area contributed by atoms with Gasteiger partial charge in [0, 0.05) is 12.1 Å². The van der Waals surface area contributed by atoms with Gasteiger partial charge < -0.3 is 10.4 Å². The second kappa shape index (κ2) is 6.35. The molecule has 2 N–H and O–H groups in total. The summed E-state index contributed by atoms with van der Waals surface area (Å²) in [5.74, 6) is -0.894. The van der Waals surface area contributed by atoms with Crippen molar-refractivity contribution in [1.82, 2.24) is 5.32 Å². The first-order valence-electron chi connectivity index (χ1n) is 6.72. The van der Waals surface area contributed by atoms with E-state index in [9.17, 15) is 4.79 Å². The zero-order valence-corrected chi connectivity index (χ0v) is 11.7. The second-order valence-electron chi connectivity index (χ2n) is 4.95. The summed E-state index contributed by atoms with van der Waals surface area (Å²) < 4.78 is 0. The number of rotatable bonds is 5. The maximum atomic E-state index is 10.8. The normalized spacial score (nSPS) is 13.7. The van der Waals surface area contributed by atoms with Gasteiger partial charge in [-0.05, 0) is 37.1 Å². The summed E-state index contributed by atoms with van der Waals surface area (Å²) in [5, 5.41) is 12.4. The molecule has 0 amide bonds. The van der Waals surface area contributed by atoms with Gasteiger partial charge in [0.2, 0.25) is 0 Å². The van der Waals surface area contributed by atoms with Gasteiger partial charge in [0.25, 0.3) is 0 Å². The summed E-state index contributed by atoms with van der Waals surface area (Å²) in [5.41, 5.74) is 2.64. The molecule has 0 aliphatic heterocycles. The fraction of sp³-hybridized carbons (Fsp3) is 0.235. The average Bonchev–Trinajstić information content (AvgIpc) is 2.48. The van der Waals surface area contributed by atoms with E-state index in [1.165, 1.54) is 5.56 Å². The number of carboxylic acids is 1. The van der Waals surface area contributed by atoms with Gasteiger partial charge >= 0.3 is 5.97 Å². The molecule has 0 bridgehead atoms. The summed E-state index contributed by atoms with van der Waals surface area (Å²) in [6, 6.07) is 17.7. The van der Waals surface area contributed by atoms with Gasteiger partial charge in [-0.25, -0.2) is 4.79 Å². The summed E-state index contributed by atoms with van der Waals surface area (Å²) in [6.07, 6.45) is 0. The highest BCUT2D eigenvalue weighted by molar-refractivity contribution is 5.87. The molecule has 0 fully saturated rings. The molecular formula is C17H19NO2. The zero-order chi connectivity index (χ0) is 14.5. The minimum atomic E-state index is -0.894. The Labute approximate surface area is 119 Å². The quantitative estimate of drug-likeness (QED) is 0.868. The van der Waals surface area contributed by atoms with E-state index < -0.39 is 5.97 Å². The standard InChI is InChI=1S/C17H19NO2/c1-12(14-6-4-3-5-7-14)18-13(2)15-8-10-16(11-9-15)17(19)20/h3-13,18H,1-2H3,(H,19,20)/t12-,13-/m1/s1. The molecule has 0 aromatic heterocycles. The zero-order valence-electron chi connectivity index (χ0n) is 11.7. The molecule has 2 aromatic carbocycles. The number of hydrogen-bond donors (Lipinski definition) is 2. The summed E-state index contributed by atoms with van der Waals surface area (Å²) in [4.78, 5) is 10.8. The van der Waals surface area contributed by atoms with Crippen LogP contribution in [-0.4, -0.2) is 11.1 Å². The van der Waals surface area contributed by atoms with Gasteiger partial charge in [-0.1, -0.05) is 42.5 Å². The van der Waals surface area contributed by atoms with Crippen LogP contribution < -0.4 is 5.32 Å². The van der Waals surface area contributed by atoms with Gasteiger partial charge in [-0.2, -0.15) is 0 Å². The van der Waals surface area contributed by atoms with E-state index in [-0.39, 0.29) is 12.1 Å². The molecule has 0 spiro atoms. The molecular weight excluding hydrogens is 250 g/mol. The Morgan fingerprint density at radius 2 is 1.40 bits per heavy atom. The van der Waals surface area contributed by atoms with Crippen molar-refractivity contribution < 1.29 is 9.90 Å². The van der Waals surface area contributed by atoms with E-state index in [0.29, 0.717) is 5.56 Å². The maximum Gasteiger partial charge on any atom is 0.335 e. The molecule has 3 nitrogen and oxygen atoms in total. The second-order valence-corrected chi connectivity index (χ2v) is 4.95. The molecule has 20 heavy (non-hydrogen) atoms. The smallest absolute Gasteiger partial charge is 0.335 e. The first-order chi connectivity index (χ1) is 9.58. The van der Waals surface area contributed by atoms with Crippen LogP contribution >= 0.6 is 0 Å². The lowest BCUT2D eigenvalue weighted by Crippen LogP contribution is -2.22. The van der Waals surface area contributed by atoms with Crippen LogP contribution in [0.4, 0.5) is 0 Å². The average molecular weight is 269 g/mol. The van der Waals surface area contributed by atoms with E-state index >= 15 is 0 Å². The molecule has 104 valence electrons. The molecule has 0 unspecified atom stereocenters. The third-order valence-electron chi connectivity index (χ3n) is 3.46. The molecule has 0 aliphatic carbocycles. The number of nitrogens with one attached hydrogen (secondary N) is 1. The number of carboxylic acid groups (broad SMARTS) is 1. The van der Waals surface area contributed by atoms with Crippen LogP contribution in [0.3, 0.4) is 0 Å². The molecule has 0 saturated heterocycles. The largest absolute Gasteiger partial charge is 0.478 e. The number of carbonyl (C=O) groups is 1. The van der Waals surface area contributed by atoms with Crippen LogP contribution in [0, 0.1) is 0 Å². The van der Waals surface area contributed by atoms with Crippen molar-refractivity contribution in [2.75, 3.05) is 0 Å². The van der Waals surface area contributed by atoms with Crippen molar-refractivity contribution >= 4 is 5.97 Å². The summed E-state index contributed by atoms with van der Waals surface area (Å²) >= 11 is 0. The fourth-order valence-electron chi connectivity index (χ4n) is 2.22. The molecule has 0 heterocycles. The molecule has 0 radical (unpaired) electrons. The van der Waals surface area contributed by atoms with Crippen molar-refractivity contribution in [1.29, 1.82) is 0 Å². The maximum absolute atomic E-state index is 10.8. The summed E-state index contributed by atoms with van der Waals surface area (Å²) in [7, 11) is 0. The van der Waals surface area contributed by atoms with Crippen molar-refractivity contribution in [2.24, 2.45) is 0 Å². The lowest BCUT2D eigenvalue weighted by Gasteiger charge is -2.21. The van der Waals surface area contributed by atoms with Gasteiger partial charge in [-0.15, -0.1) is 0 Å². The Morgan fingerprint density at radius 3 is 1.90 bits per heavy atom. The Bertz CT molecular complexity index is 563. The fourth-order valence-corrected chi connectivity index (χ4v) is 2.22. The highest BCUT2D eigenvalue weighted by Crippen LogP contribution is 2.19. The molecule has 0 aliphatic rings. The van der Waals surface area contributed by atoms with E-state index in [1.807, 2.05) is 30.3 Å². The Balaban J connectivity index is 2.04. The SMILES string of the molecule is C[C@@H](N[C@H](C)c1ccc(C(=O)O)cc1)c1ccccc1. The van der Waals surface area contributed by atoms with Crippen molar-refractivity contribution in [3.8, 4) is 0 Å². The Hall–Kier alpha value is -2.13. The molecule has 2 rings (SSSR count). The number of hydrogen-bond acceptors (Lipinski definition) is 2. The van der Waals surface area contributed by atoms with Gasteiger partial charge in [0.1, 0.15) is 0 Å². The van der Waals surface area contributed by atoms with Crippen molar-refractivity contribution in [2.45, 2.75) is 25.9 Å². The minimum absolute atomic E-state index is 0.160. The van der Waals surface area contributed by atoms with Crippen molar-refractivity contribution in [3.63, 3.8) is 0 Å². The monoisotopic (exact) mass is 269 g/mol. The first kappa shape index (κ1) is 14.3. The van der Waals surface area contributed by atoms with Crippen LogP contribution in [0.15, 0.2) is 54.6 Å². The van der Waals surface area contributed by atoms with E-state index in [0.717, 1.165) is 5.56 Å². The molecule has 2 aromatic rings. The lowest BCUT2D eigenvalue weighted by atomic mass is 10.0. The van der Waals surface area contributed by atoms with E-state index in [4.69, 9.17) is 5.11 Å².